The van der Waals surface area contributed by atoms with E-state index in [-0.39, 0.29) is 5.56 Å². The summed E-state index contributed by atoms with van der Waals surface area (Å²) in [4.78, 5) is 11.5. The summed E-state index contributed by atoms with van der Waals surface area (Å²) in [7, 11) is 0. The SMILES string of the molecule is Cc1cccc(=O)n1CCCNC(C)C. The van der Waals surface area contributed by atoms with E-state index in [1.54, 1.807) is 12.1 Å². The third-order valence-electron chi connectivity index (χ3n) is 2.38. The molecule has 0 atom stereocenters. The summed E-state index contributed by atoms with van der Waals surface area (Å²) in [6.07, 6.45) is 0.989. The predicted octanol–water partition coefficient (Wildman–Crippen LogP) is 1.54. The highest BCUT2D eigenvalue weighted by Gasteiger charge is 1.98. The van der Waals surface area contributed by atoms with Crippen LogP contribution in [-0.4, -0.2) is 17.2 Å². The number of pyridine rings is 1. The van der Waals surface area contributed by atoms with Crippen LogP contribution in [0, 0.1) is 6.92 Å². The van der Waals surface area contributed by atoms with Crippen molar-refractivity contribution < 1.29 is 0 Å². The number of hydrogen-bond donors (Lipinski definition) is 1. The Morgan fingerprint density at radius 3 is 2.73 bits per heavy atom. The molecule has 0 bridgehead atoms. The molecule has 0 unspecified atom stereocenters. The van der Waals surface area contributed by atoms with Crippen molar-refractivity contribution in [3.8, 4) is 0 Å². The van der Waals surface area contributed by atoms with E-state index >= 15 is 0 Å². The third kappa shape index (κ3) is 3.88. The van der Waals surface area contributed by atoms with Gasteiger partial charge < -0.3 is 9.88 Å². The fourth-order valence-corrected chi connectivity index (χ4v) is 1.54. The monoisotopic (exact) mass is 208 g/mol. The molecule has 0 saturated carbocycles. The van der Waals surface area contributed by atoms with Crippen molar-refractivity contribution in [3.63, 3.8) is 0 Å². The van der Waals surface area contributed by atoms with Gasteiger partial charge in [-0.15, -0.1) is 0 Å². The second-order valence-electron chi connectivity index (χ2n) is 4.12. The lowest BCUT2D eigenvalue weighted by Gasteiger charge is -2.11. The molecule has 1 N–H and O–H groups in total. The second-order valence-corrected chi connectivity index (χ2v) is 4.12. The summed E-state index contributed by atoms with van der Waals surface area (Å²) in [6, 6.07) is 5.90. The smallest absolute Gasteiger partial charge is 0.250 e. The standard InChI is InChI=1S/C12H20N2O/c1-10(2)13-8-5-9-14-11(3)6-4-7-12(14)15/h4,6-7,10,13H,5,8-9H2,1-3H3. The fourth-order valence-electron chi connectivity index (χ4n) is 1.54. The first kappa shape index (κ1) is 12.0. The van der Waals surface area contributed by atoms with E-state index in [2.05, 4.69) is 19.2 Å². The van der Waals surface area contributed by atoms with E-state index in [1.807, 2.05) is 17.6 Å². The van der Waals surface area contributed by atoms with Gasteiger partial charge in [0.1, 0.15) is 0 Å². The molecular formula is C12H20N2O. The van der Waals surface area contributed by atoms with Crippen LogP contribution in [0.25, 0.3) is 0 Å². The van der Waals surface area contributed by atoms with Crippen molar-refractivity contribution in [2.45, 2.75) is 39.8 Å². The summed E-state index contributed by atoms with van der Waals surface area (Å²) in [5.74, 6) is 0. The van der Waals surface area contributed by atoms with Crippen LogP contribution in [-0.2, 0) is 6.54 Å². The molecule has 0 saturated heterocycles. The van der Waals surface area contributed by atoms with Crippen molar-refractivity contribution in [2.24, 2.45) is 0 Å². The van der Waals surface area contributed by atoms with Gasteiger partial charge in [0, 0.05) is 24.3 Å². The number of nitrogens with zero attached hydrogens (tertiary/aromatic N) is 1. The Balaban J connectivity index is 2.47. The zero-order chi connectivity index (χ0) is 11.3. The number of aryl methyl sites for hydroxylation is 1. The van der Waals surface area contributed by atoms with Crippen LogP contribution in [0.15, 0.2) is 23.0 Å². The minimum Gasteiger partial charge on any atom is -0.314 e. The first-order valence-electron chi connectivity index (χ1n) is 5.51. The Kier molecular flexibility index (Phi) is 4.56. The van der Waals surface area contributed by atoms with E-state index in [9.17, 15) is 4.79 Å². The lowest BCUT2D eigenvalue weighted by Crippen LogP contribution is -2.27. The van der Waals surface area contributed by atoms with Crippen molar-refractivity contribution >= 4 is 0 Å². The molecule has 0 aromatic carbocycles. The van der Waals surface area contributed by atoms with Gasteiger partial charge in [-0.25, -0.2) is 0 Å². The van der Waals surface area contributed by atoms with Crippen LogP contribution in [0.2, 0.25) is 0 Å². The van der Waals surface area contributed by atoms with Crippen LogP contribution in [0.5, 0.6) is 0 Å². The second kappa shape index (κ2) is 5.71. The molecular weight excluding hydrogens is 188 g/mol. The van der Waals surface area contributed by atoms with Gasteiger partial charge in [0.05, 0.1) is 0 Å². The van der Waals surface area contributed by atoms with Crippen molar-refractivity contribution in [3.05, 3.63) is 34.2 Å². The zero-order valence-corrected chi connectivity index (χ0v) is 9.79. The largest absolute Gasteiger partial charge is 0.314 e. The average molecular weight is 208 g/mol. The highest BCUT2D eigenvalue weighted by molar-refractivity contribution is 5.04. The molecule has 1 heterocycles. The molecule has 0 aliphatic heterocycles. The molecule has 0 amide bonds. The van der Waals surface area contributed by atoms with Crippen molar-refractivity contribution in [1.82, 2.24) is 9.88 Å². The van der Waals surface area contributed by atoms with Crippen LogP contribution in [0.3, 0.4) is 0 Å². The lowest BCUT2D eigenvalue weighted by molar-refractivity contribution is 0.525. The summed E-state index contributed by atoms with van der Waals surface area (Å²) < 4.78 is 1.82. The van der Waals surface area contributed by atoms with E-state index in [1.165, 1.54) is 0 Å². The topological polar surface area (TPSA) is 34.0 Å². The molecule has 15 heavy (non-hydrogen) atoms. The molecule has 1 aromatic heterocycles. The van der Waals surface area contributed by atoms with Gasteiger partial charge in [0.2, 0.25) is 0 Å². The van der Waals surface area contributed by atoms with E-state index in [0.29, 0.717) is 6.04 Å². The number of hydrogen-bond acceptors (Lipinski definition) is 2. The van der Waals surface area contributed by atoms with E-state index in [4.69, 9.17) is 0 Å². The van der Waals surface area contributed by atoms with Gasteiger partial charge in [-0.3, -0.25) is 4.79 Å². The van der Waals surface area contributed by atoms with Gasteiger partial charge in [0.25, 0.3) is 5.56 Å². The Morgan fingerprint density at radius 2 is 2.13 bits per heavy atom. The van der Waals surface area contributed by atoms with Gasteiger partial charge in [0.15, 0.2) is 0 Å². The highest BCUT2D eigenvalue weighted by atomic mass is 16.1. The summed E-state index contributed by atoms with van der Waals surface area (Å²) in [5, 5.41) is 3.34. The Hall–Kier alpha value is -1.09. The third-order valence-corrected chi connectivity index (χ3v) is 2.38. The quantitative estimate of drug-likeness (QED) is 0.745. The molecule has 3 heteroatoms. The van der Waals surface area contributed by atoms with Crippen LogP contribution in [0.4, 0.5) is 0 Å². The van der Waals surface area contributed by atoms with Gasteiger partial charge in [-0.1, -0.05) is 19.9 Å². The Labute approximate surface area is 91.1 Å². The Morgan fingerprint density at radius 1 is 1.40 bits per heavy atom. The first-order chi connectivity index (χ1) is 7.11. The number of aromatic nitrogens is 1. The summed E-state index contributed by atoms with van der Waals surface area (Å²) >= 11 is 0. The minimum absolute atomic E-state index is 0.0968. The summed E-state index contributed by atoms with van der Waals surface area (Å²) in [6.45, 7) is 7.97. The molecule has 0 aliphatic carbocycles. The molecule has 0 fully saturated rings. The van der Waals surface area contributed by atoms with E-state index < -0.39 is 0 Å². The molecule has 0 radical (unpaired) electrons. The van der Waals surface area contributed by atoms with Crippen molar-refractivity contribution in [1.29, 1.82) is 0 Å². The predicted molar refractivity (Wildman–Crippen MR) is 63.2 cm³/mol. The van der Waals surface area contributed by atoms with Crippen LogP contribution >= 0.6 is 0 Å². The maximum atomic E-state index is 11.5. The maximum absolute atomic E-state index is 11.5. The summed E-state index contributed by atoms with van der Waals surface area (Å²) in [5.41, 5.74) is 1.13. The number of rotatable bonds is 5. The molecule has 1 aromatic rings. The maximum Gasteiger partial charge on any atom is 0.250 e. The number of nitrogens with one attached hydrogen (secondary N) is 1. The first-order valence-corrected chi connectivity index (χ1v) is 5.51. The molecule has 3 nitrogen and oxygen atoms in total. The average Bonchev–Trinajstić information content (AvgIpc) is 2.15. The normalized spacial score (nSPS) is 10.9. The van der Waals surface area contributed by atoms with Crippen LogP contribution < -0.4 is 10.9 Å². The molecule has 1 rings (SSSR count). The van der Waals surface area contributed by atoms with E-state index in [0.717, 1.165) is 25.2 Å². The lowest BCUT2D eigenvalue weighted by atomic mass is 10.3. The zero-order valence-electron chi connectivity index (χ0n) is 9.79. The van der Waals surface area contributed by atoms with Crippen molar-refractivity contribution in [2.75, 3.05) is 6.54 Å². The van der Waals surface area contributed by atoms with Gasteiger partial charge in [-0.2, -0.15) is 0 Å². The molecule has 0 spiro atoms. The minimum atomic E-state index is 0.0968. The molecule has 84 valence electrons. The van der Waals surface area contributed by atoms with Gasteiger partial charge in [-0.05, 0) is 26.0 Å². The van der Waals surface area contributed by atoms with Crippen LogP contribution in [0.1, 0.15) is 26.0 Å². The molecule has 0 aliphatic rings. The highest BCUT2D eigenvalue weighted by Crippen LogP contribution is 1.95. The Bertz CT molecular complexity index is 355. The van der Waals surface area contributed by atoms with Gasteiger partial charge >= 0.3 is 0 Å². The fraction of sp³-hybridized carbons (Fsp3) is 0.583.